The van der Waals surface area contributed by atoms with Gasteiger partial charge in [-0.3, -0.25) is 12.2 Å². The van der Waals surface area contributed by atoms with Gasteiger partial charge in [-0.15, -0.1) is 72.4 Å². The summed E-state index contributed by atoms with van der Waals surface area (Å²) in [5, 5.41) is 5.75. The van der Waals surface area contributed by atoms with Crippen molar-refractivity contribution in [3.05, 3.63) is 108 Å². The topological polar surface area (TPSA) is 24.1 Å². The van der Waals surface area contributed by atoms with Crippen molar-refractivity contribution in [1.29, 1.82) is 0 Å². The van der Waals surface area contributed by atoms with Crippen LogP contribution < -0.4 is 10.6 Å². The van der Waals surface area contributed by atoms with Gasteiger partial charge in [0.25, 0.3) is 0 Å². The third-order valence-electron chi connectivity index (χ3n) is 5.13. The number of nitrogens with one attached hydrogen (secondary N) is 2. The van der Waals surface area contributed by atoms with Crippen LogP contribution in [-0.4, -0.2) is 24.8 Å². The van der Waals surface area contributed by atoms with Crippen LogP contribution in [0.15, 0.2) is 60.7 Å². The quantitative estimate of drug-likeness (QED) is 0.130. The van der Waals surface area contributed by atoms with Crippen molar-refractivity contribution in [2.45, 2.75) is 40.5 Å². The minimum atomic E-state index is -0.708. The van der Waals surface area contributed by atoms with Crippen molar-refractivity contribution in [2.75, 3.05) is 35.5 Å². The summed E-state index contributed by atoms with van der Waals surface area (Å²) in [6, 6.07) is 8.97. The Hall–Kier alpha value is -1.99. The predicted molar refractivity (Wildman–Crippen MR) is 160 cm³/mol. The summed E-state index contributed by atoms with van der Waals surface area (Å²) in [6.07, 6.45) is 20.0. The zero-order chi connectivity index (χ0) is 30.0. The van der Waals surface area contributed by atoms with Crippen molar-refractivity contribution in [1.82, 2.24) is 0 Å². The molecule has 2 nitrogen and oxygen atoms in total. The Balaban J connectivity index is 0.000000573. The maximum absolute atomic E-state index is 13.1. The third kappa shape index (κ3) is 18.2. The van der Waals surface area contributed by atoms with Crippen LogP contribution in [0.2, 0.25) is 0 Å². The molecule has 2 aliphatic carbocycles. The molecule has 9 heteroatoms. The molecule has 0 unspecified atom stereocenters. The Morgan fingerprint density at radius 2 is 1.05 bits per heavy atom. The Kier molecular flexibility index (Phi) is 19.8. The van der Waals surface area contributed by atoms with E-state index in [2.05, 4.69) is 34.9 Å². The van der Waals surface area contributed by atoms with Crippen LogP contribution in [0.5, 0.6) is 0 Å². The first-order valence-electron chi connectivity index (χ1n) is 12.7. The number of rotatable bonds is 8. The van der Waals surface area contributed by atoms with Crippen LogP contribution in [-0.2, 0) is 21.7 Å². The second-order valence-electron chi connectivity index (χ2n) is 10.4. The van der Waals surface area contributed by atoms with Crippen molar-refractivity contribution >= 4 is 34.6 Å². The number of anilines is 2. The maximum Gasteiger partial charge on any atom is 4.00 e. The average Bonchev–Trinajstić information content (AvgIpc) is 3.68. The minimum absolute atomic E-state index is 0. The molecule has 2 aromatic rings. The molecule has 0 fully saturated rings. The molecule has 4 rings (SSSR count). The van der Waals surface area contributed by atoms with E-state index in [0.29, 0.717) is 24.8 Å². The molecule has 0 heterocycles. The van der Waals surface area contributed by atoms with Gasteiger partial charge >= 0.3 is 21.7 Å². The number of benzene rings is 2. The van der Waals surface area contributed by atoms with E-state index in [1.165, 1.54) is 24.3 Å². The maximum atomic E-state index is 13.1. The fourth-order valence-corrected chi connectivity index (χ4v) is 2.79. The van der Waals surface area contributed by atoms with Gasteiger partial charge in [-0.25, -0.2) is 41.9 Å². The molecule has 41 heavy (non-hydrogen) atoms. The van der Waals surface area contributed by atoms with Gasteiger partial charge in [0.15, 0.2) is 0 Å². The van der Waals surface area contributed by atoms with E-state index in [4.69, 9.17) is 23.2 Å². The number of allylic oxidation sites excluding steroid dienone is 8. The van der Waals surface area contributed by atoms with E-state index in [1.54, 1.807) is 0 Å². The largest absolute Gasteiger partial charge is 4.00 e. The molecular weight excluding hydrogens is 607 g/mol. The summed E-state index contributed by atoms with van der Waals surface area (Å²) < 4.78 is 51.4. The van der Waals surface area contributed by atoms with E-state index in [-0.39, 0.29) is 43.9 Å². The van der Waals surface area contributed by atoms with Crippen molar-refractivity contribution in [3.8, 4) is 0 Å². The van der Waals surface area contributed by atoms with Gasteiger partial charge in [-0.2, -0.15) is 12.2 Å². The van der Waals surface area contributed by atoms with Crippen LogP contribution in [0, 0.1) is 58.4 Å². The normalized spacial score (nSPS) is 12.7. The van der Waals surface area contributed by atoms with Gasteiger partial charge in [0, 0.05) is 48.1 Å². The van der Waals surface area contributed by atoms with Gasteiger partial charge in [0.1, 0.15) is 0 Å². The molecule has 0 bridgehead atoms. The molecule has 2 N–H and O–H groups in total. The average molecular weight is 643 g/mol. The summed E-state index contributed by atoms with van der Waals surface area (Å²) >= 11 is 11.4. The van der Waals surface area contributed by atoms with E-state index < -0.39 is 23.3 Å². The van der Waals surface area contributed by atoms with Crippen LogP contribution >= 0.6 is 23.2 Å². The number of halogens is 6. The van der Waals surface area contributed by atoms with Crippen molar-refractivity contribution < 1.29 is 39.3 Å². The number of hydrogen-bond acceptors (Lipinski definition) is 2. The second-order valence-corrected chi connectivity index (χ2v) is 10.9. The Morgan fingerprint density at radius 3 is 1.27 bits per heavy atom. The molecule has 0 aliphatic heterocycles. The number of alkyl halides is 2. The van der Waals surface area contributed by atoms with Crippen molar-refractivity contribution in [3.63, 3.8) is 0 Å². The molecule has 0 aromatic heterocycles. The van der Waals surface area contributed by atoms with Gasteiger partial charge in [0.05, 0.1) is 0 Å². The minimum Gasteiger partial charge on any atom is -0.434 e. The summed E-state index contributed by atoms with van der Waals surface area (Å²) in [5.41, 5.74) is 0.217. The molecule has 0 radical (unpaired) electrons. The standard InChI is InChI=1S/2C11H13ClF2N.2C5H5.Ti/c2*1-11(2,6-12)7-15-10-4-3-8(13)5-9(10)14;2*1-2-4-5-3-1;/h2*3-4,15H,6-7H2,1-2H3;2*1-3H,4H2;/q4*-1;+4. The molecule has 2 aliphatic rings. The molecule has 0 atom stereocenters. The molecule has 0 saturated carbocycles. The van der Waals surface area contributed by atoms with Crippen molar-refractivity contribution in [2.24, 2.45) is 10.8 Å². The Bertz CT molecular complexity index is 1040. The number of hydrogen-bond donors (Lipinski definition) is 2. The second kappa shape index (κ2) is 20.8. The van der Waals surface area contributed by atoms with E-state index in [1.807, 2.05) is 64.1 Å². The van der Waals surface area contributed by atoms with Gasteiger partial charge in [-0.1, -0.05) is 27.7 Å². The van der Waals surface area contributed by atoms with Gasteiger partial charge < -0.3 is 10.6 Å². The molecular formula is C32H36Cl2F4N2Ti. The summed E-state index contributed by atoms with van der Waals surface area (Å²) in [6.45, 7) is 8.87. The van der Waals surface area contributed by atoms with E-state index in [0.717, 1.165) is 12.8 Å². The fraction of sp³-hybridized carbons (Fsp3) is 0.375. The SMILES string of the molecule is CC(C)(CCl)CNc1ccc(F)[c-]c1F.CC(C)(CCl)CNc1ccc(F)[c-]c1F.[C-]1=CC=CC1.[C-]1=CC=CC1.[Ti+4]. The van der Waals surface area contributed by atoms with Gasteiger partial charge in [0.2, 0.25) is 0 Å². The van der Waals surface area contributed by atoms with Crippen LogP contribution in [0.1, 0.15) is 40.5 Å². The first kappa shape index (κ1) is 39.0. The Labute approximate surface area is 267 Å². The monoisotopic (exact) mass is 642 g/mol. The van der Waals surface area contributed by atoms with Gasteiger partial charge in [-0.05, 0) is 22.2 Å². The van der Waals surface area contributed by atoms with E-state index >= 15 is 0 Å². The first-order chi connectivity index (χ1) is 18.9. The summed E-state index contributed by atoms with van der Waals surface area (Å²) in [7, 11) is 0. The molecule has 2 aromatic carbocycles. The predicted octanol–water partition coefficient (Wildman–Crippen LogP) is 9.49. The van der Waals surface area contributed by atoms with Crippen LogP contribution in [0.25, 0.3) is 0 Å². The zero-order valence-corrected chi connectivity index (χ0v) is 26.9. The van der Waals surface area contributed by atoms with Crippen LogP contribution in [0.4, 0.5) is 28.9 Å². The fourth-order valence-electron chi connectivity index (χ4n) is 2.60. The molecule has 220 valence electrons. The molecule has 0 saturated heterocycles. The molecule has 0 spiro atoms. The Morgan fingerprint density at radius 1 is 0.683 bits per heavy atom. The molecule has 0 amide bonds. The third-order valence-corrected chi connectivity index (χ3v) is 6.58. The summed E-state index contributed by atoms with van der Waals surface area (Å²) in [4.78, 5) is 0. The van der Waals surface area contributed by atoms with E-state index in [9.17, 15) is 17.6 Å². The smallest absolute Gasteiger partial charge is 0.434 e. The zero-order valence-electron chi connectivity index (χ0n) is 23.8. The van der Waals surface area contributed by atoms with Crippen LogP contribution in [0.3, 0.4) is 0 Å². The summed E-state index contributed by atoms with van der Waals surface area (Å²) in [5.74, 6) is -1.89. The first-order valence-corrected chi connectivity index (χ1v) is 13.7.